The summed E-state index contributed by atoms with van der Waals surface area (Å²) in [6.07, 6.45) is 14.2. The Hall–Kier alpha value is -0.0800. The summed E-state index contributed by atoms with van der Waals surface area (Å²) >= 11 is 0. The van der Waals surface area contributed by atoms with Gasteiger partial charge in [-0.25, -0.2) is 0 Å². The molecule has 2 heteroatoms. The van der Waals surface area contributed by atoms with Gasteiger partial charge in [0.2, 0.25) is 0 Å². The minimum absolute atomic E-state index is 0.764. The predicted molar refractivity (Wildman–Crippen MR) is 83.2 cm³/mol. The Balaban J connectivity index is 1.86. The van der Waals surface area contributed by atoms with Crippen LogP contribution in [0.2, 0.25) is 0 Å². The van der Waals surface area contributed by atoms with Crippen LogP contribution in [0.1, 0.15) is 71.1 Å². The molecule has 0 aromatic rings. The van der Waals surface area contributed by atoms with E-state index in [0.717, 1.165) is 30.5 Å². The quantitative estimate of drug-likeness (QED) is 0.767. The van der Waals surface area contributed by atoms with Crippen LogP contribution in [0.15, 0.2) is 0 Å². The first-order valence-corrected chi connectivity index (χ1v) is 8.68. The second-order valence-electron chi connectivity index (χ2n) is 6.98. The van der Waals surface area contributed by atoms with Crippen LogP contribution in [0.4, 0.5) is 0 Å². The van der Waals surface area contributed by atoms with E-state index in [0.29, 0.717) is 0 Å². The Morgan fingerprint density at radius 3 is 2.53 bits per heavy atom. The van der Waals surface area contributed by atoms with Crippen LogP contribution in [-0.2, 0) is 0 Å². The highest BCUT2D eigenvalue weighted by atomic mass is 15.2. The van der Waals surface area contributed by atoms with E-state index >= 15 is 0 Å². The van der Waals surface area contributed by atoms with Gasteiger partial charge in [-0.15, -0.1) is 0 Å². The lowest BCUT2D eigenvalue weighted by Gasteiger charge is -2.35. The molecule has 2 nitrogen and oxygen atoms in total. The lowest BCUT2D eigenvalue weighted by molar-refractivity contribution is 0.129. The van der Waals surface area contributed by atoms with E-state index in [1.54, 1.807) is 0 Å². The average molecular weight is 266 g/mol. The topological polar surface area (TPSA) is 29.3 Å². The summed E-state index contributed by atoms with van der Waals surface area (Å²) in [6, 6.07) is 1.61. The molecule has 2 aliphatic rings. The number of hydrogen-bond acceptors (Lipinski definition) is 2. The number of rotatable bonds is 5. The van der Waals surface area contributed by atoms with E-state index in [-0.39, 0.29) is 0 Å². The van der Waals surface area contributed by atoms with Crippen molar-refractivity contribution in [3.8, 4) is 0 Å². The molecule has 2 N–H and O–H groups in total. The highest BCUT2D eigenvalue weighted by Gasteiger charge is 2.33. The zero-order chi connectivity index (χ0) is 13.7. The second kappa shape index (κ2) is 7.64. The van der Waals surface area contributed by atoms with Gasteiger partial charge in [-0.2, -0.15) is 0 Å². The number of nitrogens with zero attached hydrogens (tertiary/aromatic N) is 1. The van der Waals surface area contributed by atoms with E-state index in [1.807, 2.05) is 0 Å². The molecule has 0 aliphatic heterocycles. The summed E-state index contributed by atoms with van der Waals surface area (Å²) < 4.78 is 0. The maximum absolute atomic E-state index is 5.96. The molecule has 0 heterocycles. The first kappa shape index (κ1) is 15.3. The molecule has 0 saturated heterocycles. The van der Waals surface area contributed by atoms with Gasteiger partial charge in [0.05, 0.1) is 0 Å². The van der Waals surface area contributed by atoms with Crippen molar-refractivity contribution in [3.05, 3.63) is 0 Å². The lowest BCUT2D eigenvalue weighted by atomic mass is 9.95. The van der Waals surface area contributed by atoms with Crippen molar-refractivity contribution in [1.29, 1.82) is 0 Å². The van der Waals surface area contributed by atoms with Gasteiger partial charge in [0.25, 0.3) is 0 Å². The van der Waals surface area contributed by atoms with E-state index < -0.39 is 0 Å². The predicted octanol–water partition coefficient (Wildman–Crippen LogP) is 3.79. The van der Waals surface area contributed by atoms with E-state index in [9.17, 15) is 0 Å². The SMILES string of the molecule is CCCC1CCCC(N(C)C2CCCC2CN)CC1. The molecule has 2 saturated carbocycles. The Morgan fingerprint density at radius 2 is 1.79 bits per heavy atom. The van der Waals surface area contributed by atoms with Crippen LogP contribution < -0.4 is 5.73 Å². The van der Waals surface area contributed by atoms with Gasteiger partial charge in [0.15, 0.2) is 0 Å². The molecule has 4 atom stereocenters. The second-order valence-corrected chi connectivity index (χ2v) is 6.98. The summed E-state index contributed by atoms with van der Waals surface area (Å²) in [7, 11) is 2.38. The van der Waals surface area contributed by atoms with E-state index in [1.165, 1.54) is 64.2 Å². The fourth-order valence-electron chi connectivity index (χ4n) is 4.56. The van der Waals surface area contributed by atoms with Crippen molar-refractivity contribution < 1.29 is 0 Å². The molecule has 0 bridgehead atoms. The molecule has 2 rings (SSSR count). The Morgan fingerprint density at radius 1 is 1.00 bits per heavy atom. The highest BCUT2D eigenvalue weighted by molar-refractivity contribution is 4.88. The van der Waals surface area contributed by atoms with Crippen molar-refractivity contribution >= 4 is 0 Å². The molecule has 0 aromatic carbocycles. The molecule has 0 radical (unpaired) electrons. The van der Waals surface area contributed by atoms with Crippen molar-refractivity contribution in [3.63, 3.8) is 0 Å². The van der Waals surface area contributed by atoms with Crippen LogP contribution in [0.5, 0.6) is 0 Å². The average Bonchev–Trinajstić information content (AvgIpc) is 2.78. The van der Waals surface area contributed by atoms with Crippen LogP contribution >= 0.6 is 0 Å². The third kappa shape index (κ3) is 3.95. The zero-order valence-corrected chi connectivity index (χ0v) is 13.1. The summed E-state index contributed by atoms with van der Waals surface area (Å²) in [4.78, 5) is 2.72. The minimum Gasteiger partial charge on any atom is -0.330 e. The molecule has 19 heavy (non-hydrogen) atoms. The largest absolute Gasteiger partial charge is 0.330 e. The summed E-state index contributed by atoms with van der Waals surface area (Å²) in [6.45, 7) is 3.22. The molecular weight excluding hydrogens is 232 g/mol. The highest BCUT2D eigenvalue weighted by Crippen LogP contribution is 2.34. The molecule has 0 aromatic heterocycles. The lowest BCUT2D eigenvalue weighted by Crippen LogP contribution is -2.43. The molecule has 2 aliphatic carbocycles. The first-order valence-electron chi connectivity index (χ1n) is 8.68. The first-order chi connectivity index (χ1) is 9.26. The molecule has 2 fully saturated rings. The molecule has 0 amide bonds. The van der Waals surface area contributed by atoms with E-state index in [2.05, 4.69) is 18.9 Å². The molecule has 0 spiro atoms. The summed E-state index contributed by atoms with van der Waals surface area (Å²) in [5.41, 5.74) is 5.96. The van der Waals surface area contributed by atoms with Crippen molar-refractivity contribution in [2.24, 2.45) is 17.6 Å². The maximum Gasteiger partial charge on any atom is 0.0135 e. The minimum atomic E-state index is 0.764. The number of nitrogens with two attached hydrogens (primary N) is 1. The van der Waals surface area contributed by atoms with Gasteiger partial charge in [-0.3, -0.25) is 0 Å². The van der Waals surface area contributed by atoms with Gasteiger partial charge < -0.3 is 10.6 Å². The van der Waals surface area contributed by atoms with Gasteiger partial charge in [-0.05, 0) is 57.5 Å². The van der Waals surface area contributed by atoms with Crippen molar-refractivity contribution in [2.45, 2.75) is 83.2 Å². The van der Waals surface area contributed by atoms with Gasteiger partial charge in [0.1, 0.15) is 0 Å². The van der Waals surface area contributed by atoms with Crippen molar-refractivity contribution in [2.75, 3.05) is 13.6 Å². The fraction of sp³-hybridized carbons (Fsp3) is 1.00. The van der Waals surface area contributed by atoms with E-state index in [4.69, 9.17) is 5.73 Å². The number of hydrogen-bond donors (Lipinski definition) is 1. The fourth-order valence-corrected chi connectivity index (χ4v) is 4.56. The van der Waals surface area contributed by atoms with Crippen LogP contribution in [0, 0.1) is 11.8 Å². The van der Waals surface area contributed by atoms with Crippen LogP contribution in [0.25, 0.3) is 0 Å². The maximum atomic E-state index is 5.96. The Labute approximate surface area is 120 Å². The van der Waals surface area contributed by atoms with Crippen LogP contribution in [0.3, 0.4) is 0 Å². The third-order valence-corrected chi connectivity index (χ3v) is 5.78. The van der Waals surface area contributed by atoms with Crippen LogP contribution in [-0.4, -0.2) is 30.6 Å². The van der Waals surface area contributed by atoms with Crippen molar-refractivity contribution in [1.82, 2.24) is 4.90 Å². The van der Waals surface area contributed by atoms with Gasteiger partial charge >= 0.3 is 0 Å². The molecule has 112 valence electrons. The van der Waals surface area contributed by atoms with Gasteiger partial charge in [-0.1, -0.05) is 39.0 Å². The normalized spacial score (nSPS) is 36.6. The zero-order valence-electron chi connectivity index (χ0n) is 13.1. The summed E-state index contributed by atoms with van der Waals surface area (Å²) in [5, 5.41) is 0. The summed E-state index contributed by atoms with van der Waals surface area (Å²) in [5.74, 6) is 1.77. The Bertz CT molecular complexity index is 254. The Kier molecular flexibility index (Phi) is 6.15. The standard InChI is InChI=1S/C17H34N2/c1-3-6-14-7-4-9-16(12-11-14)19(2)17-10-5-8-15(17)13-18/h14-17H,3-13,18H2,1-2H3. The van der Waals surface area contributed by atoms with Gasteiger partial charge in [0, 0.05) is 12.1 Å². The smallest absolute Gasteiger partial charge is 0.0135 e. The monoisotopic (exact) mass is 266 g/mol. The molecule has 4 unspecified atom stereocenters. The third-order valence-electron chi connectivity index (χ3n) is 5.78. The molecular formula is C17H34N2.